The van der Waals surface area contributed by atoms with Crippen LogP contribution in [0.25, 0.3) is 0 Å². The molecular weight excluding hydrogens is 196 g/mol. The lowest BCUT2D eigenvalue weighted by atomic mass is 9.99. The molecule has 1 N–H and O–H groups in total. The summed E-state index contributed by atoms with van der Waals surface area (Å²) in [5.74, 6) is 0.560. The highest BCUT2D eigenvalue weighted by atomic mass is 14.9. The fourth-order valence-electron chi connectivity index (χ4n) is 1.72. The summed E-state index contributed by atoms with van der Waals surface area (Å²) in [6.07, 6.45) is 0.970. The van der Waals surface area contributed by atoms with E-state index < -0.39 is 0 Å². The van der Waals surface area contributed by atoms with Crippen molar-refractivity contribution >= 4 is 0 Å². The summed E-state index contributed by atoms with van der Waals surface area (Å²) in [4.78, 5) is 0. The number of rotatable bonds is 5. The van der Waals surface area contributed by atoms with Gasteiger partial charge in [-0.3, -0.25) is 5.32 Å². The number of nitrogens with one attached hydrogen (secondary N) is 1. The summed E-state index contributed by atoms with van der Waals surface area (Å²) in [7, 11) is 0. The van der Waals surface area contributed by atoms with Gasteiger partial charge in [0.2, 0.25) is 0 Å². The Balaban J connectivity index is 2.83. The third-order valence-corrected chi connectivity index (χ3v) is 2.61. The molecule has 86 valence electrons. The molecule has 16 heavy (non-hydrogen) atoms. The number of nitrogens with zero attached hydrogens (tertiary/aromatic N) is 1. The summed E-state index contributed by atoms with van der Waals surface area (Å²) in [5.41, 5.74) is 2.37. The van der Waals surface area contributed by atoms with Crippen LogP contribution >= 0.6 is 0 Å². The Hall–Kier alpha value is -1.33. The van der Waals surface area contributed by atoms with Gasteiger partial charge in [0.15, 0.2) is 0 Å². The highest BCUT2D eigenvalue weighted by Gasteiger charge is 2.12. The van der Waals surface area contributed by atoms with E-state index in [0.29, 0.717) is 5.92 Å². The molecule has 0 bridgehead atoms. The average Bonchev–Trinajstić information content (AvgIpc) is 2.30. The van der Waals surface area contributed by atoms with Gasteiger partial charge < -0.3 is 0 Å². The third kappa shape index (κ3) is 3.36. The summed E-state index contributed by atoms with van der Waals surface area (Å²) in [6, 6.07) is 10.3. The molecule has 0 saturated heterocycles. The second-order valence-corrected chi connectivity index (χ2v) is 4.42. The Morgan fingerprint density at radius 2 is 2.00 bits per heavy atom. The zero-order valence-corrected chi connectivity index (χ0v) is 10.3. The second kappa shape index (κ2) is 6.30. The van der Waals surface area contributed by atoms with Crippen molar-refractivity contribution in [2.75, 3.05) is 6.54 Å². The maximum Gasteiger partial charge on any atom is 0.121 e. The van der Waals surface area contributed by atoms with E-state index in [4.69, 9.17) is 0 Å². The summed E-state index contributed by atoms with van der Waals surface area (Å²) >= 11 is 0. The predicted molar refractivity (Wildman–Crippen MR) is 67.0 cm³/mol. The fourth-order valence-corrected chi connectivity index (χ4v) is 1.72. The summed E-state index contributed by atoms with van der Waals surface area (Å²) in [6.45, 7) is 7.28. The zero-order chi connectivity index (χ0) is 12.0. The van der Waals surface area contributed by atoms with Gasteiger partial charge in [0.25, 0.3) is 0 Å². The van der Waals surface area contributed by atoms with E-state index in [0.717, 1.165) is 18.5 Å². The lowest BCUT2D eigenvalue weighted by Gasteiger charge is -2.16. The minimum absolute atomic E-state index is 0.182. The summed E-state index contributed by atoms with van der Waals surface area (Å²) < 4.78 is 0. The van der Waals surface area contributed by atoms with Crippen LogP contribution in [0.2, 0.25) is 0 Å². The van der Waals surface area contributed by atoms with E-state index in [1.165, 1.54) is 5.56 Å². The first-order valence-electron chi connectivity index (χ1n) is 5.89. The molecule has 0 fully saturated rings. The van der Waals surface area contributed by atoms with Crippen molar-refractivity contribution in [1.82, 2.24) is 5.32 Å². The van der Waals surface area contributed by atoms with Gasteiger partial charge in [-0.05, 0) is 30.0 Å². The van der Waals surface area contributed by atoms with Gasteiger partial charge in [-0.25, -0.2) is 0 Å². The molecule has 0 aliphatic rings. The highest BCUT2D eigenvalue weighted by molar-refractivity contribution is 5.33. The molecule has 2 nitrogen and oxygen atoms in total. The molecule has 0 aliphatic carbocycles. The van der Waals surface area contributed by atoms with Crippen LogP contribution in [0.1, 0.15) is 37.9 Å². The van der Waals surface area contributed by atoms with Gasteiger partial charge in [0, 0.05) is 0 Å². The van der Waals surface area contributed by atoms with Gasteiger partial charge >= 0.3 is 0 Å². The monoisotopic (exact) mass is 216 g/mol. The number of aryl methyl sites for hydroxylation is 1. The first-order chi connectivity index (χ1) is 7.69. The molecule has 1 unspecified atom stereocenters. The van der Waals surface area contributed by atoms with Gasteiger partial charge in [-0.1, -0.05) is 45.0 Å². The van der Waals surface area contributed by atoms with E-state index in [2.05, 4.69) is 38.2 Å². The third-order valence-electron chi connectivity index (χ3n) is 2.61. The van der Waals surface area contributed by atoms with Gasteiger partial charge in [0.1, 0.15) is 6.04 Å². The number of hydrogen-bond donors (Lipinski definition) is 1. The van der Waals surface area contributed by atoms with Crippen molar-refractivity contribution in [3.05, 3.63) is 35.4 Å². The molecule has 0 heterocycles. The molecule has 1 atom stereocenters. The van der Waals surface area contributed by atoms with Gasteiger partial charge in [-0.2, -0.15) is 5.26 Å². The highest BCUT2D eigenvalue weighted by Crippen LogP contribution is 2.18. The molecule has 1 aromatic carbocycles. The first kappa shape index (κ1) is 12.7. The molecule has 2 heteroatoms. The molecule has 0 amide bonds. The molecule has 0 aromatic heterocycles. The minimum Gasteiger partial charge on any atom is -0.298 e. The Labute approximate surface area is 98.3 Å². The van der Waals surface area contributed by atoms with E-state index in [1.807, 2.05) is 18.2 Å². The van der Waals surface area contributed by atoms with Crippen LogP contribution in [0.5, 0.6) is 0 Å². The van der Waals surface area contributed by atoms with Crippen LogP contribution in [0.3, 0.4) is 0 Å². The van der Waals surface area contributed by atoms with Crippen molar-refractivity contribution in [2.24, 2.45) is 5.92 Å². The molecule has 1 aromatic rings. The van der Waals surface area contributed by atoms with Crippen LogP contribution < -0.4 is 5.32 Å². The van der Waals surface area contributed by atoms with Crippen molar-refractivity contribution in [3.8, 4) is 6.07 Å². The van der Waals surface area contributed by atoms with Crippen LogP contribution in [-0.2, 0) is 6.42 Å². The van der Waals surface area contributed by atoms with E-state index >= 15 is 0 Å². The zero-order valence-electron chi connectivity index (χ0n) is 10.3. The maximum absolute atomic E-state index is 9.20. The van der Waals surface area contributed by atoms with E-state index in [1.54, 1.807) is 0 Å². The van der Waals surface area contributed by atoms with Crippen molar-refractivity contribution in [1.29, 1.82) is 5.26 Å². The van der Waals surface area contributed by atoms with E-state index in [-0.39, 0.29) is 6.04 Å². The van der Waals surface area contributed by atoms with Crippen LogP contribution in [0.4, 0.5) is 0 Å². The Morgan fingerprint density at radius 1 is 1.31 bits per heavy atom. The second-order valence-electron chi connectivity index (χ2n) is 4.42. The smallest absolute Gasteiger partial charge is 0.121 e. The van der Waals surface area contributed by atoms with Gasteiger partial charge in [0.05, 0.1) is 6.07 Å². The largest absolute Gasteiger partial charge is 0.298 e. The lowest BCUT2D eigenvalue weighted by Crippen LogP contribution is -2.25. The fraction of sp³-hybridized carbons (Fsp3) is 0.500. The molecular formula is C14H20N2. The van der Waals surface area contributed by atoms with Gasteiger partial charge in [-0.15, -0.1) is 0 Å². The number of hydrogen-bond acceptors (Lipinski definition) is 2. The predicted octanol–water partition coefficient (Wildman–Crippen LogP) is 3.06. The molecule has 0 spiro atoms. The Bertz CT molecular complexity index is 363. The van der Waals surface area contributed by atoms with Crippen LogP contribution in [0, 0.1) is 17.2 Å². The standard InChI is InChI=1S/C14H20N2/c1-4-12-7-5-6-8-13(12)14(9-15)16-10-11(2)3/h5-8,11,14,16H,4,10H2,1-3H3. The minimum atomic E-state index is -0.182. The normalized spacial score (nSPS) is 12.4. The van der Waals surface area contributed by atoms with E-state index in [9.17, 15) is 5.26 Å². The SMILES string of the molecule is CCc1ccccc1C(C#N)NCC(C)C. The average molecular weight is 216 g/mol. The topological polar surface area (TPSA) is 35.8 Å². The lowest BCUT2D eigenvalue weighted by molar-refractivity contribution is 0.523. The van der Waals surface area contributed by atoms with Crippen molar-refractivity contribution < 1.29 is 0 Å². The molecule has 1 rings (SSSR count). The first-order valence-corrected chi connectivity index (χ1v) is 5.89. The Morgan fingerprint density at radius 3 is 2.56 bits per heavy atom. The molecule has 0 radical (unpaired) electrons. The number of nitriles is 1. The quantitative estimate of drug-likeness (QED) is 0.821. The molecule has 0 aliphatic heterocycles. The molecule has 0 saturated carbocycles. The van der Waals surface area contributed by atoms with Crippen molar-refractivity contribution in [3.63, 3.8) is 0 Å². The van der Waals surface area contributed by atoms with Crippen LogP contribution in [-0.4, -0.2) is 6.54 Å². The maximum atomic E-state index is 9.20. The number of benzene rings is 1. The van der Waals surface area contributed by atoms with Crippen molar-refractivity contribution in [2.45, 2.75) is 33.2 Å². The van der Waals surface area contributed by atoms with Crippen LogP contribution in [0.15, 0.2) is 24.3 Å². The Kier molecular flexibility index (Phi) is 5.01. The summed E-state index contributed by atoms with van der Waals surface area (Å²) in [5, 5.41) is 12.5.